The number of piperazine rings is 1. The molecule has 1 heterocycles. The number of carboxylic acid groups (broad SMARTS) is 1. The number of hydrogen-bond donors (Lipinski definition) is 2. The second kappa shape index (κ2) is 5.04. The number of nitrogens with zero attached hydrogens (tertiary/aromatic N) is 1. The van der Waals surface area contributed by atoms with Gasteiger partial charge in [0.15, 0.2) is 0 Å². The Balaban J connectivity index is 0.00000144. The maximum Gasteiger partial charge on any atom is 0.305 e. The van der Waals surface area contributed by atoms with Crippen LogP contribution in [0.3, 0.4) is 0 Å². The van der Waals surface area contributed by atoms with E-state index in [0.29, 0.717) is 13.1 Å². The van der Waals surface area contributed by atoms with Gasteiger partial charge in [-0.2, -0.15) is 0 Å². The summed E-state index contributed by atoms with van der Waals surface area (Å²) in [5.74, 6) is -1.13. The Morgan fingerprint density at radius 1 is 1.77 bits per heavy atom. The molecule has 1 atom stereocenters. The smallest absolute Gasteiger partial charge is 0.305 e. The molecule has 0 aliphatic carbocycles. The second-order valence-corrected chi connectivity index (χ2v) is 2.89. The molecule has 1 rings (SSSR count). The van der Waals surface area contributed by atoms with Crippen molar-refractivity contribution in [3.63, 3.8) is 0 Å². The first-order valence-corrected chi connectivity index (χ1v) is 3.81. The van der Waals surface area contributed by atoms with Gasteiger partial charge in [-0.1, -0.05) is 0 Å². The van der Waals surface area contributed by atoms with Crippen LogP contribution in [0.1, 0.15) is 6.42 Å². The van der Waals surface area contributed by atoms with Crippen LogP contribution in [0.2, 0.25) is 0 Å². The number of carboxylic acids is 1. The highest BCUT2D eigenvalue weighted by molar-refractivity contribution is 5.86. The van der Waals surface area contributed by atoms with E-state index in [2.05, 4.69) is 5.32 Å². The van der Waals surface area contributed by atoms with Crippen molar-refractivity contribution < 1.29 is 14.7 Å². The number of hydrogen-bond acceptors (Lipinski definition) is 3. The topological polar surface area (TPSA) is 69.6 Å². The number of amides is 1. The molecule has 0 radical (unpaired) electrons. The molecule has 1 unspecified atom stereocenters. The standard InChI is InChI=1S/C7H12N2O3.ClH/c1-9-3-2-8-7(12)5(9)4-6(10)11;/h5H,2-4H2,1H3,(H,8,12)(H,10,11);1H. The highest BCUT2D eigenvalue weighted by Gasteiger charge is 2.28. The Labute approximate surface area is 82.5 Å². The lowest BCUT2D eigenvalue weighted by Gasteiger charge is -2.30. The van der Waals surface area contributed by atoms with Gasteiger partial charge in [-0.05, 0) is 7.05 Å². The fourth-order valence-corrected chi connectivity index (χ4v) is 1.24. The fraction of sp³-hybridized carbons (Fsp3) is 0.714. The molecule has 76 valence electrons. The normalized spacial score (nSPS) is 23.2. The highest BCUT2D eigenvalue weighted by atomic mass is 35.5. The van der Waals surface area contributed by atoms with Crippen molar-refractivity contribution in [1.29, 1.82) is 0 Å². The quantitative estimate of drug-likeness (QED) is 0.631. The first-order chi connectivity index (χ1) is 5.61. The molecule has 0 saturated carbocycles. The molecule has 0 bridgehead atoms. The van der Waals surface area contributed by atoms with Gasteiger partial charge >= 0.3 is 5.97 Å². The van der Waals surface area contributed by atoms with Gasteiger partial charge in [-0.25, -0.2) is 0 Å². The van der Waals surface area contributed by atoms with Crippen molar-refractivity contribution in [2.45, 2.75) is 12.5 Å². The Morgan fingerprint density at radius 3 is 2.85 bits per heavy atom. The molecule has 1 aliphatic heterocycles. The summed E-state index contributed by atoms with van der Waals surface area (Å²) in [4.78, 5) is 23.2. The Bertz CT molecular complexity index is 210. The van der Waals surface area contributed by atoms with Gasteiger partial charge in [-0.3, -0.25) is 14.5 Å². The largest absolute Gasteiger partial charge is 0.481 e. The Morgan fingerprint density at radius 2 is 2.38 bits per heavy atom. The summed E-state index contributed by atoms with van der Waals surface area (Å²) < 4.78 is 0. The van der Waals surface area contributed by atoms with E-state index in [1.54, 1.807) is 11.9 Å². The zero-order valence-electron chi connectivity index (χ0n) is 7.32. The third-order valence-corrected chi connectivity index (χ3v) is 1.97. The molecule has 1 saturated heterocycles. The third kappa shape index (κ3) is 3.20. The van der Waals surface area contributed by atoms with E-state index in [-0.39, 0.29) is 24.7 Å². The molecule has 0 aromatic carbocycles. The molecule has 1 aliphatic rings. The monoisotopic (exact) mass is 208 g/mol. The lowest BCUT2D eigenvalue weighted by Crippen LogP contribution is -2.54. The summed E-state index contributed by atoms with van der Waals surface area (Å²) in [6.45, 7) is 1.31. The van der Waals surface area contributed by atoms with Gasteiger partial charge in [-0.15, -0.1) is 12.4 Å². The summed E-state index contributed by atoms with van der Waals surface area (Å²) in [7, 11) is 1.76. The van der Waals surface area contributed by atoms with Crippen LogP contribution in [-0.4, -0.2) is 48.1 Å². The molecule has 6 heteroatoms. The molecule has 2 N–H and O–H groups in total. The van der Waals surface area contributed by atoms with Gasteiger partial charge < -0.3 is 10.4 Å². The number of likely N-dealkylation sites (N-methyl/N-ethyl adjacent to an activating group) is 1. The average Bonchev–Trinajstić information content (AvgIpc) is 1.97. The first kappa shape index (κ1) is 12.2. The molecule has 5 nitrogen and oxygen atoms in total. The Hall–Kier alpha value is -0.810. The molecule has 13 heavy (non-hydrogen) atoms. The van der Waals surface area contributed by atoms with Crippen molar-refractivity contribution >= 4 is 24.3 Å². The summed E-state index contributed by atoms with van der Waals surface area (Å²) in [6.07, 6.45) is -0.123. The minimum Gasteiger partial charge on any atom is -0.481 e. The zero-order chi connectivity index (χ0) is 9.14. The van der Waals surface area contributed by atoms with E-state index >= 15 is 0 Å². The van der Waals surface area contributed by atoms with Gasteiger partial charge in [0.25, 0.3) is 0 Å². The molecule has 1 fully saturated rings. The Kier molecular flexibility index (Phi) is 4.72. The molecular weight excluding hydrogens is 196 g/mol. The number of aliphatic carboxylic acids is 1. The number of carbonyl (C=O) groups excluding carboxylic acids is 1. The van der Waals surface area contributed by atoms with Crippen LogP contribution in [0.25, 0.3) is 0 Å². The van der Waals surface area contributed by atoms with E-state index in [0.717, 1.165) is 0 Å². The van der Waals surface area contributed by atoms with E-state index in [1.165, 1.54) is 0 Å². The van der Waals surface area contributed by atoms with E-state index in [9.17, 15) is 9.59 Å². The fourth-order valence-electron chi connectivity index (χ4n) is 1.24. The highest BCUT2D eigenvalue weighted by Crippen LogP contribution is 2.05. The predicted molar refractivity (Wildman–Crippen MR) is 48.9 cm³/mol. The van der Waals surface area contributed by atoms with Gasteiger partial charge in [0.2, 0.25) is 5.91 Å². The minimum atomic E-state index is -0.941. The van der Waals surface area contributed by atoms with Crippen LogP contribution in [0.15, 0.2) is 0 Å². The average molecular weight is 209 g/mol. The van der Waals surface area contributed by atoms with Crippen LogP contribution in [0.5, 0.6) is 0 Å². The number of nitrogens with one attached hydrogen (secondary N) is 1. The SMILES string of the molecule is CN1CCNC(=O)C1CC(=O)O.Cl. The van der Waals surface area contributed by atoms with E-state index < -0.39 is 12.0 Å². The molecule has 0 aromatic heterocycles. The van der Waals surface area contributed by atoms with Crippen molar-refractivity contribution in [3.8, 4) is 0 Å². The van der Waals surface area contributed by atoms with Gasteiger partial charge in [0.1, 0.15) is 0 Å². The maximum atomic E-state index is 11.1. The lowest BCUT2D eigenvalue weighted by atomic mass is 10.1. The zero-order valence-corrected chi connectivity index (χ0v) is 8.13. The number of carbonyl (C=O) groups is 2. The van der Waals surface area contributed by atoms with Crippen LogP contribution >= 0.6 is 12.4 Å². The third-order valence-electron chi connectivity index (χ3n) is 1.97. The van der Waals surface area contributed by atoms with Crippen molar-refractivity contribution in [2.24, 2.45) is 0 Å². The van der Waals surface area contributed by atoms with E-state index in [4.69, 9.17) is 5.11 Å². The number of halogens is 1. The summed E-state index contributed by atoms with van der Waals surface area (Å²) >= 11 is 0. The summed E-state index contributed by atoms with van der Waals surface area (Å²) in [5.41, 5.74) is 0. The van der Waals surface area contributed by atoms with Crippen LogP contribution in [0, 0.1) is 0 Å². The summed E-state index contributed by atoms with van der Waals surface area (Å²) in [5, 5.41) is 11.1. The predicted octanol–water partition coefficient (Wildman–Crippen LogP) is -0.687. The molecular formula is C7H13ClN2O3. The van der Waals surface area contributed by atoms with Gasteiger partial charge in [0.05, 0.1) is 12.5 Å². The molecule has 0 spiro atoms. The summed E-state index contributed by atoms with van der Waals surface area (Å²) in [6, 6.07) is -0.503. The van der Waals surface area contributed by atoms with Crippen LogP contribution in [0.4, 0.5) is 0 Å². The lowest BCUT2D eigenvalue weighted by molar-refractivity contribution is -0.142. The van der Waals surface area contributed by atoms with Crippen LogP contribution < -0.4 is 5.32 Å². The minimum absolute atomic E-state index is 0. The number of rotatable bonds is 2. The second-order valence-electron chi connectivity index (χ2n) is 2.89. The van der Waals surface area contributed by atoms with Crippen molar-refractivity contribution in [2.75, 3.05) is 20.1 Å². The maximum absolute atomic E-state index is 11.1. The van der Waals surface area contributed by atoms with E-state index in [1.807, 2.05) is 0 Å². The van der Waals surface area contributed by atoms with Gasteiger partial charge in [0, 0.05) is 13.1 Å². The van der Waals surface area contributed by atoms with Crippen molar-refractivity contribution in [3.05, 3.63) is 0 Å². The first-order valence-electron chi connectivity index (χ1n) is 3.81. The molecule has 1 amide bonds. The van der Waals surface area contributed by atoms with Crippen molar-refractivity contribution in [1.82, 2.24) is 10.2 Å². The molecule has 0 aromatic rings. The van der Waals surface area contributed by atoms with Crippen LogP contribution in [-0.2, 0) is 9.59 Å².